The van der Waals surface area contributed by atoms with E-state index in [0.717, 1.165) is 12.8 Å². The maximum absolute atomic E-state index is 11.7. The molecule has 0 spiro atoms. The molecule has 2 fully saturated rings. The van der Waals surface area contributed by atoms with Gasteiger partial charge in [0.15, 0.2) is 0 Å². The fraction of sp³-hybridized carbons (Fsp3) is 1.00. The Kier molecular flexibility index (Phi) is 2.79. The SMILES string of the molecule is NC1CC1NS(=O)(=O)C1CCCOC1. The monoisotopic (exact) mass is 220 g/mol. The van der Waals surface area contributed by atoms with E-state index in [-0.39, 0.29) is 17.3 Å². The van der Waals surface area contributed by atoms with Crippen molar-refractivity contribution in [3.63, 3.8) is 0 Å². The lowest BCUT2D eigenvalue weighted by atomic mass is 10.2. The molecule has 1 aliphatic heterocycles. The molecular formula is C8H16N2O3S. The van der Waals surface area contributed by atoms with Crippen molar-refractivity contribution in [1.82, 2.24) is 4.72 Å². The zero-order valence-corrected chi connectivity index (χ0v) is 8.79. The van der Waals surface area contributed by atoms with Crippen LogP contribution in [-0.4, -0.2) is 39.0 Å². The molecule has 1 saturated carbocycles. The Balaban J connectivity index is 1.93. The van der Waals surface area contributed by atoms with Crippen LogP contribution in [0.15, 0.2) is 0 Å². The number of hydrogen-bond donors (Lipinski definition) is 2. The van der Waals surface area contributed by atoms with E-state index in [4.69, 9.17) is 10.5 Å². The highest BCUT2D eigenvalue weighted by Gasteiger charge is 2.39. The fourth-order valence-corrected chi connectivity index (χ4v) is 3.25. The van der Waals surface area contributed by atoms with Crippen molar-refractivity contribution >= 4 is 10.0 Å². The zero-order chi connectivity index (χ0) is 10.2. The van der Waals surface area contributed by atoms with Crippen LogP contribution >= 0.6 is 0 Å². The molecule has 0 aromatic heterocycles. The molecule has 0 radical (unpaired) electrons. The van der Waals surface area contributed by atoms with Gasteiger partial charge in [0.2, 0.25) is 10.0 Å². The van der Waals surface area contributed by atoms with Crippen LogP contribution in [0.5, 0.6) is 0 Å². The van der Waals surface area contributed by atoms with Crippen molar-refractivity contribution in [2.24, 2.45) is 5.73 Å². The maximum atomic E-state index is 11.7. The van der Waals surface area contributed by atoms with E-state index in [0.29, 0.717) is 19.6 Å². The number of nitrogens with two attached hydrogens (primary N) is 1. The summed E-state index contributed by atoms with van der Waals surface area (Å²) in [6.07, 6.45) is 2.27. The van der Waals surface area contributed by atoms with Crippen LogP contribution in [0.1, 0.15) is 19.3 Å². The van der Waals surface area contributed by atoms with Gasteiger partial charge >= 0.3 is 0 Å². The van der Waals surface area contributed by atoms with E-state index >= 15 is 0 Å². The fourth-order valence-electron chi connectivity index (χ4n) is 1.61. The minimum Gasteiger partial charge on any atom is -0.380 e. The first kappa shape index (κ1) is 10.4. The van der Waals surface area contributed by atoms with Gasteiger partial charge in [-0.1, -0.05) is 0 Å². The first-order chi connectivity index (χ1) is 6.59. The average Bonchev–Trinajstić information content (AvgIpc) is 2.82. The molecule has 2 rings (SSSR count). The predicted octanol–water partition coefficient (Wildman–Crippen LogP) is -0.816. The molecule has 3 N–H and O–H groups in total. The Morgan fingerprint density at radius 1 is 1.43 bits per heavy atom. The summed E-state index contributed by atoms with van der Waals surface area (Å²) in [4.78, 5) is 0. The van der Waals surface area contributed by atoms with Gasteiger partial charge in [0, 0.05) is 18.7 Å². The molecule has 0 bridgehead atoms. The Morgan fingerprint density at radius 3 is 2.64 bits per heavy atom. The third kappa shape index (κ3) is 2.25. The summed E-state index contributed by atoms with van der Waals surface area (Å²) in [5, 5.41) is -0.385. The topological polar surface area (TPSA) is 81.4 Å². The lowest BCUT2D eigenvalue weighted by Gasteiger charge is -2.22. The van der Waals surface area contributed by atoms with Crippen molar-refractivity contribution in [2.75, 3.05) is 13.2 Å². The smallest absolute Gasteiger partial charge is 0.217 e. The number of sulfonamides is 1. The van der Waals surface area contributed by atoms with Crippen molar-refractivity contribution in [1.29, 1.82) is 0 Å². The van der Waals surface area contributed by atoms with Crippen LogP contribution in [0.4, 0.5) is 0 Å². The molecule has 1 saturated heterocycles. The molecule has 3 unspecified atom stereocenters. The molecule has 0 amide bonds. The van der Waals surface area contributed by atoms with Gasteiger partial charge in [0.25, 0.3) is 0 Å². The van der Waals surface area contributed by atoms with Crippen LogP contribution in [0.25, 0.3) is 0 Å². The lowest BCUT2D eigenvalue weighted by Crippen LogP contribution is -2.41. The van der Waals surface area contributed by atoms with Gasteiger partial charge in [0.05, 0.1) is 11.9 Å². The third-order valence-corrected chi connectivity index (χ3v) is 4.59. The van der Waals surface area contributed by atoms with Crippen molar-refractivity contribution in [2.45, 2.75) is 36.6 Å². The highest BCUT2D eigenvalue weighted by Crippen LogP contribution is 2.22. The molecule has 1 aliphatic carbocycles. The van der Waals surface area contributed by atoms with Crippen molar-refractivity contribution in [3.05, 3.63) is 0 Å². The second kappa shape index (κ2) is 3.77. The van der Waals surface area contributed by atoms with Crippen molar-refractivity contribution in [3.8, 4) is 0 Å². The Hall–Kier alpha value is -0.170. The van der Waals surface area contributed by atoms with Gasteiger partial charge < -0.3 is 10.5 Å². The molecule has 6 heteroatoms. The van der Waals surface area contributed by atoms with E-state index in [2.05, 4.69) is 4.72 Å². The molecule has 0 aromatic rings. The minimum absolute atomic E-state index is 0.00860. The standard InChI is InChI=1S/C8H16N2O3S/c9-7-4-8(7)10-14(11,12)6-2-1-3-13-5-6/h6-8,10H,1-5,9H2. The lowest BCUT2D eigenvalue weighted by molar-refractivity contribution is 0.0988. The summed E-state index contributed by atoms with van der Waals surface area (Å²) in [7, 11) is -3.21. The van der Waals surface area contributed by atoms with Crippen LogP contribution in [-0.2, 0) is 14.8 Å². The second-order valence-electron chi connectivity index (χ2n) is 4.01. The predicted molar refractivity (Wildman–Crippen MR) is 52.3 cm³/mol. The summed E-state index contributed by atoms with van der Waals surface area (Å²) in [6, 6.07) is -0.0313. The van der Waals surface area contributed by atoms with Gasteiger partial charge in [-0.05, 0) is 19.3 Å². The largest absolute Gasteiger partial charge is 0.380 e. The first-order valence-corrected chi connectivity index (χ1v) is 6.49. The molecule has 1 heterocycles. The summed E-state index contributed by atoms with van der Waals surface area (Å²) in [5.41, 5.74) is 5.55. The summed E-state index contributed by atoms with van der Waals surface area (Å²) < 4.78 is 31.2. The Labute approximate surface area is 84.0 Å². The number of ether oxygens (including phenoxy) is 1. The first-order valence-electron chi connectivity index (χ1n) is 4.94. The number of rotatable bonds is 3. The zero-order valence-electron chi connectivity index (χ0n) is 7.98. The van der Waals surface area contributed by atoms with Crippen LogP contribution < -0.4 is 10.5 Å². The number of nitrogens with one attached hydrogen (secondary N) is 1. The normalized spacial score (nSPS) is 38.2. The molecule has 2 aliphatic rings. The van der Waals surface area contributed by atoms with Gasteiger partial charge in [0.1, 0.15) is 0 Å². The van der Waals surface area contributed by atoms with Crippen LogP contribution in [0.2, 0.25) is 0 Å². The molecule has 14 heavy (non-hydrogen) atoms. The number of hydrogen-bond acceptors (Lipinski definition) is 4. The highest BCUT2D eigenvalue weighted by molar-refractivity contribution is 7.90. The van der Waals surface area contributed by atoms with E-state index < -0.39 is 10.0 Å². The van der Waals surface area contributed by atoms with Gasteiger partial charge in [-0.15, -0.1) is 0 Å². The summed E-state index contributed by atoms with van der Waals surface area (Å²) in [5.74, 6) is 0. The average molecular weight is 220 g/mol. The molecule has 0 aromatic carbocycles. The Morgan fingerprint density at radius 2 is 2.14 bits per heavy atom. The molecule has 82 valence electrons. The van der Waals surface area contributed by atoms with Crippen LogP contribution in [0.3, 0.4) is 0 Å². The maximum Gasteiger partial charge on any atom is 0.217 e. The third-order valence-electron chi connectivity index (χ3n) is 2.71. The highest BCUT2D eigenvalue weighted by atomic mass is 32.2. The second-order valence-corrected chi connectivity index (χ2v) is 6.00. The minimum atomic E-state index is -3.21. The van der Waals surface area contributed by atoms with E-state index in [1.165, 1.54) is 0 Å². The Bertz CT molecular complexity index is 298. The van der Waals surface area contributed by atoms with Gasteiger partial charge in [-0.2, -0.15) is 0 Å². The summed E-state index contributed by atoms with van der Waals surface area (Å²) in [6.45, 7) is 0.992. The van der Waals surface area contributed by atoms with E-state index in [1.807, 2.05) is 0 Å². The van der Waals surface area contributed by atoms with Crippen molar-refractivity contribution < 1.29 is 13.2 Å². The van der Waals surface area contributed by atoms with E-state index in [1.54, 1.807) is 0 Å². The molecule has 5 nitrogen and oxygen atoms in total. The molecule has 3 atom stereocenters. The van der Waals surface area contributed by atoms with Crippen LogP contribution in [0, 0.1) is 0 Å². The summed E-state index contributed by atoms with van der Waals surface area (Å²) >= 11 is 0. The molecular weight excluding hydrogens is 204 g/mol. The van der Waals surface area contributed by atoms with Gasteiger partial charge in [-0.25, -0.2) is 13.1 Å². The quantitative estimate of drug-likeness (QED) is 0.651. The van der Waals surface area contributed by atoms with Gasteiger partial charge in [-0.3, -0.25) is 0 Å². The van der Waals surface area contributed by atoms with E-state index in [9.17, 15) is 8.42 Å².